The highest BCUT2D eigenvalue weighted by atomic mass is 32.1. The molecule has 0 fully saturated rings. The SMILES string of the molecule is C=CCNC(=O)[C@H](C)OC(=O)c1ccc(OCc2csc(C)n2)cc1. The van der Waals surface area contributed by atoms with Gasteiger partial charge in [0.05, 0.1) is 16.3 Å². The molecule has 0 radical (unpaired) electrons. The predicted octanol–water partition coefficient (Wildman–Crippen LogP) is 2.88. The fourth-order valence-electron chi connectivity index (χ4n) is 1.92. The van der Waals surface area contributed by atoms with E-state index >= 15 is 0 Å². The van der Waals surface area contributed by atoms with Crippen LogP contribution < -0.4 is 10.1 Å². The van der Waals surface area contributed by atoms with Crippen LogP contribution in [-0.4, -0.2) is 29.5 Å². The summed E-state index contributed by atoms with van der Waals surface area (Å²) >= 11 is 1.57. The van der Waals surface area contributed by atoms with Crippen molar-refractivity contribution in [3.63, 3.8) is 0 Å². The molecule has 0 saturated heterocycles. The van der Waals surface area contributed by atoms with Gasteiger partial charge in [0.1, 0.15) is 12.4 Å². The molecule has 1 heterocycles. The molecule has 25 heavy (non-hydrogen) atoms. The normalized spacial score (nSPS) is 11.4. The van der Waals surface area contributed by atoms with Gasteiger partial charge in [-0.3, -0.25) is 4.79 Å². The van der Waals surface area contributed by atoms with Crippen LogP contribution in [-0.2, 0) is 16.1 Å². The van der Waals surface area contributed by atoms with Gasteiger partial charge in [-0.05, 0) is 38.1 Å². The molecule has 0 saturated carbocycles. The lowest BCUT2D eigenvalue weighted by atomic mass is 10.2. The smallest absolute Gasteiger partial charge is 0.338 e. The van der Waals surface area contributed by atoms with E-state index in [-0.39, 0.29) is 5.91 Å². The molecular weight excluding hydrogens is 340 g/mol. The summed E-state index contributed by atoms with van der Waals surface area (Å²) in [5.41, 5.74) is 1.21. The summed E-state index contributed by atoms with van der Waals surface area (Å²) in [4.78, 5) is 28.1. The number of benzene rings is 1. The number of aryl methyl sites for hydroxylation is 1. The fraction of sp³-hybridized carbons (Fsp3) is 0.278. The zero-order valence-corrected chi connectivity index (χ0v) is 15.0. The molecule has 0 aliphatic carbocycles. The maximum absolute atomic E-state index is 12.1. The maximum Gasteiger partial charge on any atom is 0.338 e. The molecule has 1 atom stereocenters. The van der Waals surface area contributed by atoms with E-state index in [0.717, 1.165) is 10.7 Å². The number of hydrogen-bond donors (Lipinski definition) is 1. The van der Waals surface area contributed by atoms with Crippen LogP contribution in [0.2, 0.25) is 0 Å². The minimum Gasteiger partial charge on any atom is -0.487 e. The Bertz CT molecular complexity index is 740. The van der Waals surface area contributed by atoms with E-state index in [9.17, 15) is 9.59 Å². The lowest BCUT2D eigenvalue weighted by molar-refractivity contribution is -0.128. The number of carbonyl (C=O) groups excluding carboxylic acids is 2. The molecule has 1 N–H and O–H groups in total. The molecule has 132 valence electrons. The van der Waals surface area contributed by atoms with Gasteiger partial charge < -0.3 is 14.8 Å². The average molecular weight is 360 g/mol. The van der Waals surface area contributed by atoms with Crippen LogP contribution in [0.25, 0.3) is 0 Å². The zero-order valence-electron chi connectivity index (χ0n) is 14.2. The second-order valence-electron chi connectivity index (χ2n) is 5.25. The van der Waals surface area contributed by atoms with Gasteiger partial charge in [-0.15, -0.1) is 17.9 Å². The Balaban J connectivity index is 1.86. The summed E-state index contributed by atoms with van der Waals surface area (Å²) < 4.78 is 10.8. The van der Waals surface area contributed by atoms with Crippen LogP contribution in [0.3, 0.4) is 0 Å². The number of carbonyl (C=O) groups is 2. The van der Waals surface area contributed by atoms with Crippen molar-refractivity contribution >= 4 is 23.2 Å². The maximum atomic E-state index is 12.1. The molecule has 0 aliphatic rings. The number of hydrogen-bond acceptors (Lipinski definition) is 6. The summed E-state index contributed by atoms with van der Waals surface area (Å²) in [5, 5.41) is 5.51. The molecular formula is C18H20N2O4S. The minimum absolute atomic E-state index is 0.325. The Labute approximate surface area is 150 Å². The van der Waals surface area contributed by atoms with Crippen LogP contribution in [0.1, 0.15) is 28.0 Å². The number of rotatable bonds is 8. The highest BCUT2D eigenvalue weighted by molar-refractivity contribution is 7.09. The van der Waals surface area contributed by atoms with Crippen LogP contribution >= 0.6 is 11.3 Å². The quantitative estimate of drug-likeness (QED) is 0.578. The highest BCUT2D eigenvalue weighted by Crippen LogP contribution is 2.16. The standard InChI is InChI=1S/C18H20N2O4S/c1-4-9-19-17(21)12(2)24-18(22)14-5-7-16(8-6-14)23-10-15-11-25-13(3)20-15/h4-8,11-12H,1,9-10H2,2-3H3,(H,19,21)/t12-/m0/s1. The number of nitrogens with zero attached hydrogens (tertiary/aromatic N) is 1. The molecule has 2 aromatic rings. The first-order valence-corrected chi connectivity index (χ1v) is 8.61. The molecule has 0 bridgehead atoms. The number of ether oxygens (including phenoxy) is 2. The molecule has 1 amide bonds. The van der Waals surface area contributed by atoms with E-state index < -0.39 is 12.1 Å². The third-order valence-electron chi connectivity index (χ3n) is 3.22. The summed E-state index contributed by atoms with van der Waals surface area (Å²) in [6.07, 6.45) is 0.675. The second kappa shape index (κ2) is 8.98. The molecule has 2 rings (SSSR count). The van der Waals surface area contributed by atoms with Gasteiger partial charge in [0, 0.05) is 11.9 Å². The van der Waals surface area contributed by atoms with Gasteiger partial charge in [0.25, 0.3) is 5.91 Å². The minimum atomic E-state index is -0.878. The Kier molecular flexibility index (Phi) is 6.71. The van der Waals surface area contributed by atoms with Crippen LogP contribution in [0.15, 0.2) is 42.3 Å². The van der Waals surface area contributed by atoms with Gasteiger partial charge in [0.15, 0.2) is 6.10 Å². The van der Waals surface area contributed by atoms with Crippen molar-refractivity contribution in [2.75, 3.05) is 6.54 Å². The fourth-order valence-corrected chi connectivity index (χ4v) is 2.51. The van der Waals surface area contributed by atoms with Crippen LogP contribution in [0.4, 0.5) is 0 Å². The number of aromatic nitrogens is 1. The molecule has 1 aromatic carbocycles. The first-order valence-electron chi connectivity index (χ1n) is 7.73. The van der Waals surface area contributed by atoms with Gasteiger partial charge in [-0.2, -0.15) is 0 Å². The summed E-state index contributed by atoms with van der Waals surface area (Å²) in [5.74, 6) is -0.311. The largest absolute Gasteiger partial charge is 0.487 e. The topological polar surface area (TPSA) is 77.5 Å². The number of esters is 1. The Morgan fingerprint density at radius 1 is 1.36 bits per heavy atom. The number of amides is 1. The molecule has 1 aromatic heterocycles. The van der Waals surface area contributed by atoms with Gasteiger partial charge in [0.2, 0.25) is 0 Å². The van der Waals surface area contributed by atoms with E-state index in [0.29, 0.717) is 24.5 Å². The summed E-state index contributed by atoms with van der Waals surface area (Å²) in [7, 11) is 0. The summed E-state index contributed by atoms with van der Waals surface area (Å²) in [6, 6.07) is 6.55. The monoisotopic (exact) mass is 360 g/mol. The first-order chi connectivity index (χ1) is 12.0. The summed E-state index contributed by atoms with van der Waals surface area (Å²) in [6.45, 7) is 7.66. The number of nitrogens with one attached hydrogen (secondary N) is 1. The van der Waals surface area contributed by atoms with E-state index in [2.05, 4.69) is 16.9 Å². The third kappa shape index (κ3) is 5.72. The Morgan fingerprint density at radius 3 is 2.68 bits per heavy atom. The number of thiazole rings is 1. The highest BCUT2D eigenvalue weighted by Gasteiger charge is 2.18. The van der Waals surface area contributed by atoms with Gasteiger partial charge in [-0.25, -0.2) is 9.78 Å². The van der Waals surface area contributed by atoms with Gasteiger partial charge in [-0.1, -0.05) is 6.08 Å². The van der Waals surface area contributed by atoms with Crippen molar-refractivity contribution < 1.29 is 19.1 Å². The molecule has 7 heteroatoms. The molecule has 0 spiro atoms. The third-order valence-corrected chi connectivity index (χ3v) is 4.04. The van der Waals surface area contributed by atoms with Crippen molar-refractivity contribution in [3.05, 3.63) is 58.6 Å². The lowest BCUT2D eigenvalue weighted by Gasteiger charge is -2.13. The van der Waals surface area contributed by atoms with E-state index in [1.165, 1.54) is 6.92 Å². The zero-order chi connectivity index (χ0) is 18.2. The lowest BCUT2D eigenvalue weighted by Crippen LogP contribution is -2.35. The molecule has 6 nitrogen and oxygen atoms in total. The van der Waals surface area contributed by atoms with E-state index in [4.69, 9.17) is 9.47 Å². The average Bonchev–Trinajstić information content (AvgIpc) is 3.03. The van der Waals surface area contributed by atoms with Crippen LogP contribution in [0.5, 0.6) is 5.75 Å². The van der Waals surface area contributed by atoms with E-state index in [1.807, 2.05) is 12.3 Å². The Hall–Kier alpha value is -2.67. The van der Waals surface area contributed by atoms with Crippen molar-refractivity contribution in [1.82, 2.24) is 10.3 Å². The Morgan fingerprint density at radius 2 is 2.08 bits per heavy atom. The molecule has 0 aliphatic heterocycles. The second-order valence-corrected chi connectivity index (χ2v) is 6.31. The van der Waals surface area contributed by atoms with Crippen molar-refractivity contribution in [3.8, 4) is 5.75 Å². The van der Waals surface area contributed by atoms with E-state index in [1.54, 1.807) is 41.7 Å². The van der Waals surface area contributed by atoms with Crippen molar-refractivity contribution in [2.45, 2.75) is 26.6 Å². The molecule has 0 unspecified atom stereocenters. The van der Waals surface area contributed by atoms with Crippen molar-refractivity contribution in [2.24, 2.45) is 0 Å². The van der Waals surface area contributed by atoms with Crippen LogP contribution in [0, 0.1) is 6.92 Å². The predicted molar refractivity (Wildman–Crippen MR) is 95.7 cm³/mol. The first kappa shape index (κ1) is 18.7. The van der Waals surface area contributed by atoms with Crippen molar-refractivity contribution in [1.29, 1.82) is 0 Å². The van der Waals surface area contributed by atoms with Gasteiger partial charge >= 0.3 is 5.97 Å².